The van der Waals surface area contributed by atoms with Gasteiger partial charge in [0.1, 0.15) is 5.69 Å². The third-order valence-electron chi connectivity index (χ3n) is 4.26. The van der Waals surface area contributed by atoms with Crippen LogP contribution >= 0.6 is 0 Å². The van der Waals surface area contributed by atoms with Gasteiger partial charge in [0.25, 0.3) is 5.91 Å². The van der Waals surface area contributed by atoms with Crippen LogP contribution in [0, 0.1) is 5.92 Å². The number of H-pyrrole nitrogens is 1. The predicted octanol–water partition coefficient (Wildman–Crippen LogP) is -0.0313. The Labute approximate surface area is 141 Å². The number of carbonyl (C=O) groups excluding carboxylic acids is 2. The summed E-state index contributed by atoms with van der Waals surface area (Å²) < 4.78 is 24.8. The van der Waals surface area contributed by atoms with Gasteiger partial charge in [-0.2, -0.15) is 0 Å². The van der Waals surface area contributed by atoms with Crippen molar-refractivity contribution < 1.29 is 18.0 Å². The molecule has 1 aromatic heterocycles. The summed E-state index contributed by atoms with van der Waals surface area (Å²) in [6, 6.07) is 3.55. The number of aromatic nitrogens is 1. The molecule has 0 radical (unpaired) electrons. The topological polar surface area (TPSA) is 120 Å². The molecule has 1 heterocycles. The molecule has 1 aliphatic carbocycles. The normalized spacial score (nSPS) is 21.2. The molecule has 1 aromatic rings. The van der Waals surface area contributed by atoms with Crippen molar-refractivity contribution in [2.75, 3.05) is 19.3 Å². The van der Waals surface area contributed by atoms with E-state index in [1.54, 1.807) is 18.3 Å². The smallest absolute Gasteiger partial charge is 0.267 e. The van der Waals surface area contributed by atoms with Gasteiger partial charge >= 0.3 is 0 Å². The Morgan fingerprint density at radius 2 is 1.96 bits per heavy atom. The molecule has 9 heteroatoms. The van der Waals surface area contributed by atoms with E-state index in [9.17, 15) is 18.0 Å². The SMILES string of the molecule is CNS(=O)(=O)CCNC(=O)C1CCC(NC(=O)c2ccc[nH]2)CC1. The first-order chi connectivity index (χ1) is 11.4. The molecular weight excluding hydrogens is 332 g/mol. The van der Waals surface area contributed by atoms with E-state index in [2.05, 4.69) is 20.3 Å². The molecule has 1 aliphatic rings. The van der Waals surface area contributed by atoms with Crippen LogP contribution in [-0.4, -0.2) is 50.6 Å². The molecule has 0 aromatic carbocycles. The minimum absolute atomic E-state index is 0.0644. The molecule has 1 fully saturated rings. The lowest BCUT2D eigenvalue weighted by Crippen LogP contribution is -2.42. The summed E-state index contributed by atoms with van der Waals surface area (Å²) >= 11 is 0. The number of carbonyl (C=O) groups is 2. The summed E-state index contributed by atoms with van der Waals surface area (Å²) in [7, 11) is -1.96. The number of hydrogen-bond donors (Lipinski definition) is 4. The number of aromatic amines is 1. The maximum atomic E-state index is 12.1. The van der Waals surface area contributed by atoms with E-state index < -0.39 is 10.0 Å². The van der Waals surface area contributed by atoms with E-state index in [-0.39, 0.29) is 36.1 Å². The van der Waals surface area contributed by atoms with Gasteiger partial charge in [0.2, 0.25) is 15.9 Å². The van der Waals surface area contributed by atoms with Crippen molar-refractivity contribution in [3.8, 4) is 0 Å². The van der Waals surface area contributed by atoms with Crippen molar-refractivity contribution in [2.45, 2.75) is 31.7 Å². The van der Waals surface area contributed by atoms with Gasteiger partial charge in [-0.3, -0.25) is 9.59 Å². The van der Waals surface area contributed by atoms with E-state index >= 15 is 0 Å². The Morgan fingerprint density at radius 1 is 1.25 bits per heavy atom. The Hall–Kier alpha value is -1.87. The Balaban J connectivity index is 1.70. The van der Waals surface area contributed by atoms with Gasteiger partial charge in [-0.25, -0.2) is 13.1 Å². The first-order valence-electron chi connectivity index (χ1n) is 8.04. The summed E-state index contributed by atoms with van der Waals surface area (Å²) in [5.41, 5.74) is 0.528. The lowest BCUT2D eigenvalue weighted by atomic mass is 9.85. The molecule has 4 N–H and O–H groups in total. The zero-order chi connectivity index (χ0) is 17.6. The van der Waals surface area contributed by atoms with Gasteiger partial charge in [0, 0.05) is 24.7 Å². The standard InChI is InChI=1S/C15H24N4O4S/c1-16-24(22,23)10-9-18-14(20)11-4-6-12(7-5-11)19-15(21)13-3-2-8-17-13/h2-3,8,11-12,16-17H,4-7,9-10H2,1H3,(H,18,20)(H,19,21). The monoisotopic (exact) mass is 356 g/mol. The van der Waals surface area contributed by atoms with Gasteiger partial charge in [-0.15, -0.1) is 0 Å². The highest BCUT2D eigenvalue weighted by Gasteiger charge is 2.27. The second-order valence-electron chi connectivity index (χ2n) is 5.92. The molecule has 134 valence electrons. The summed E-state index contributed by atoms with van der Waals surface area (Å²) in [5, 5.41) is 5.63. The zero-order valence-corrected chi connectivity index (χ0v) is 14.5. The molecule has 0 bridgehead atoms. The Bertz CT molecular complexity index is 649. The molecule has 0 atom stereocenters. The van der Waals surface area contributed by atoms with Crippen LogP contribution in [-0.2, 0) is 14.8 Å². The van der Waals surface area contributed by atoms with Crippen LogP contribution in [0.3, 0.4) is 0 Å². The molecule has 0 aliphatic heterocycles. The van der Waals surface area contributed by atoms with Gasteiger partial charge < -0.3 is 15.6 Å². The molecule has 0 unspecified atom stereocenters. The average molecular weight is 356 g/mol. The number of sulfonamides is 1. The molecular formula is C15H24N4O4S. The second kappa shape index (κ2) is 8.29. The highest BCUT2D eigenvalue weighted by Crippen LogP contribution is 2.24. The van der Waals surface area contributed by atoms with Crippen molar-refractivity contribution in [3.05, 3.63) is 24.0 Å². The van der Waals surface area contributed by atoms with Crippen molar-refractivity contribution >= 4 is 21.8 Å². The number of amides is 2. The first kappa shape index (κ1) is 18.5. The lowest BCUT2D eigenvalue weighted by Gasteiger charge is -2.28. The largest absolute Gasteiger partial charge is 0.357 e. The minimum Gasteiger partial charge on any atom is -0.357 e. The second-order valence-corrected chi connectivity index (χ2v) is 7.97. The van der Waals surface area contributed by atoms with Gasteiger partial charge in [-0.1, -0.05) is 0 Å². The van der Waals surface area contributed by atoms with Crippen molar-refractivity contribution in [3.63, 3.8) is 0 Å². The lowest BCUT2D eigenvalue weighted by molar-refractivity contribution is -0.125. The Kier molecular flexibility index (Phi) is 6.38. The predicted molar refractivity (Wildman–Crippen MR) is 89.9 cm³/mol. The summed E-state index contributed by atoms with van der Waals surface area (Å²) in [4.78, 5) is 26.9. The molecule has 8 nitrogen and oxygen atoms in total. The molecule has 1 saturated carbocycles. The maximum Gasteiger partial charge on any atom is 0.267 e. The van der Waals surface area contributed by atoms with Gasteiger partial charge in [0.05, 0.1) is 5.75 Å². The van der Waals surface area contributed by atoms with Crippen molar-refractivity contribution in [2.24, 2.45) is 5.92 Å². The van der Waals surface area contributed by atoms with E-state index in [4.69, 9.17) is 0 Å². The van der Waals surface area contributed by atoms with Gasteiger partial charge in [0.15, 0.2) is 0 Å². The summed E-state index contributed by atoms with van der Waals surface area (Å²) in [6.45, 7) is 0.103. The van der Waals surface area contributed by atoms with Crippen molar-refractivity contribution in [1.29, 1.82) is 0 Å². The third kappa shape index (κ3) is 5.34. The fourth-order valence-corrected chi connectivity index (χ4v) is 3.36. The van der Waals surface area contributed by atoms with Crippen LogP contribution in [0.5, 0.6) is 0 Å². The maximum absolute atomic E-state index is 12.1. The zero-order valence-electron chi connectivity index (χ0n) is 13.7. The van der Waals surface area contributed by atoms with Crippen LogP contribution in [0.15, 0.2) is 18.3 Å². The van der Waals surface area contributed by atoms with Gasteiger partial charge in [-0.05, 0) is 44.9 Å². The number of rotatable bonds is 7. The highest BCUT2D eigenvalue weighted by molar-refractivity contribution is 7.89. The molecule has 2 amide bonds. The molecule has 24 heavy (non-hydrogen) atoms. The van der Waals surface area contributed by atoms with Crippen LogP contribution in [0.4, 0.5) is 0 Å². The van der Waals surface area contributed by atoms with Crippen LogP contribution < -0.4 is 15.4 Å². The van der Waals surface area contributed by atoms with Crippen molar-refractivity contribution in [1.82, 2.24) is 20.3 Å². The Morgan fingerprint density at radius 3 is 2.54 bits per heavy atom. The molecule has 0 saturated heterocycles. The molecule has 2 rings (SSSR count). The number of hydrogen-bond acceptors (Lipinski definition) is 4. The van der Waals surface area contributed by atoms with Crippen LogP contribution in [0.2, 0.25) is 0 Å². The van der Waals surface area contributed by atoms with E-state index in [0.717, 1.165) is 12.8 Å². The third-order valence-corrected chi connectivity index (χ3v) is 5.62. The summed E-state index contributed by atoms with van der Waals surface area (Å²) in [6.07, 6.45) is 4.53. The fourth-order valence-electron chi connectivity index (χ4n) is 2.79. The van der Waals surface area contributed by atoms with E-state index in [0.29, 0.717) is 18.5 Å². The van der Waals surface area contributed by atoms with E-state index in [1.165, 1.54) is 7.05 Å². The first-order valence-corrected chi connectivity index (χ1v) is 9.69. The average Bonchev–Trinajstić information content (AvgIpc) is 3.10. The minimum atomic E-state index is -3.30. The highest BCUT2D eigenvalue weighted by atomic mass is 32.2. The molecule has 0 spiro atoms. The van der Waals surface area contributed by atoms with Crippen LogP contribution in [0.1, 0.15) is 36.2 Å². The van der Waals surface area contributed by atoms with Crippen LogP contribution in [0.25, 0.3) is 0 Å². The fraction of sp³-hybridized carbons (Fsp3) is 0.600. The number of nitrogens with one attached hydrogen (secondary N) is 4. The quantitative estimate of drug-likeness (QED) is 0.548. The van der Waals surface area contributed by atoms with E-state index in [1.807, 2.05) is 0 Å². The summed E-state index contributed by atoms with van der Waals surface area (Å²) in [5.74, 6) is -0.502.